The predicted octanol–water partition coefficient (Wildman–Crippen LogP) is 4.22. The summed E-state index contributed by atoms with van der Waals surface area (Å²) in [6.07, 6.45) is 13.2. The predicted molar refractivity (Wildman–Crippen MR) is 101 cm³/mol. The molecule has 28 heavy (non-hydrogen) atoms. The second-order valence-electron chi connectivity index (χ2n) is 7.73. The second-order valence-corrected chi connectivity index (χ2v) is 7.73. The highest BCUT2D eigenvalue weighted by atomic mass is 16.7. The minimum atomic E-state index is -0.458. The van der Waals surface area contributed by atoms with Crippen molar-refractivity contribution in [2.75, 3.05) is 20.0 Å². The molecule has 1 saturated carbocycles. The first-order valence-corrected chi connectivity index (χ1v) is 10.1. The van der Waals surface area contributed by atoms with E-state index in [9.17, 15) is 0 Å². The van der Waals surface area contributed by atoms with Crippen molar-refractivity contribution in [1.82, 2.24) is 0 Å². The Bertz CT molecular complexity index is 751. The molecule has 0 N–H and O–H groups in total. The highest BCUT2D eigenvalue weighted by molar-refractivity contribution is 5.44. The molecule has 0 aromatic heterocycles. The standard InChI is InChI=1S/C22H26O6/c1-2-9-22(10-3-1)27-14-18(28-22)6-4-16-8-11-23-21(24-13-16)17-5-7-19-20(12-17)26-15-25-19/h4-8,11-12,16,18,21H,1-3,9-10,13-15H2/t16-,18-,21-/m1/s1. The van der Waals surface area contributed by atoms with Crippen molar-refractivity contribution in [3.8, 4) is 11.5 Å². The zero-order valence-corrected chi connectivity index (χ0v) is 15.9. The number of fused-ring (bicyclic) bond motifs is 1. The first kappa shape index (κ1) is 18.0. The highest BCUT2D eigenvalue weighted by Crippen LogP contribution is 2.38. The number of hydrogen-bond donors (Lipinski definition) is 0. The molecular weight excluding hydrogens is 360 g/mol. The fourth-order valence-corrected chi connectivity index (χ4v) is 4.16. The molecule has 1 saturated heterocycles. The van der Waals surface area contributed by atoms with E-state index in [0.29, 0.717) is 13.2 Å². The van der Waals surface area contributed by atoms with Crippen molar-refractivity contribution in [3.05, 3.63) is 48.3 Å². The molecule has 3 aliphatic heterocycles. The van der Waals surface area contributed by atoms with Crippen LogP contribution >= 0.6 is 0 Å². The molecule has 1 spiro atoms. The molecule has 3 heterocycles. The third-order valence-corrected chi connectivity index (χ3v) is 5.70. The van der Waals surface area contributed by atoms with Crippen LogP contribution in [0.5, 0.6) is 11.5 Å². The quantitative estimate of drug-likeness (QED) is 0.725. The van der Waals surface area contributed by atoms with E-state index in [1.807, 2.05) is 24.3 Å². The smallest absolute Gasteiger partial charge is 0.231 e. The molecule has 1 aromatic rings. The fraction of sp³-hybridized carbons (Fsp3) is 0.545. The first-order chi connectivity index (χ1) is 13.8. The lowest BCUT2D eigenvalue weighted by Crippen LogP contribution is -2.33. The van der Waals surface area contributed by atoms with E-state index in [1.165, 1.54) is 19.3 Å². The average Bonchev–Trinajstić information content (AvgIpc) is 3.27. The maximum Gasteiger partial charge on any atom is 0.231 e. The molecule has 3 atom stereocenters. The monoisotopic (exact) mass is 386 g/mol. The van der Waals surface area contributed by atoms with Crippen molar-refractivity contribution in [2.45, 2.75) is 50.3 Å². The van der Waals surface area contributed by atoms with Gasteiger partial charge in [-0.2, -0.15) is 0 Å². The van der Waals surface area contributed by atoms with Crippen LogP contribution in [0.25, 0.3) is 0 Å². The SMILES string of the molecule is C1=C[C@@H](C=C[C@@H]2COC3(CCCCC3)O2)CO[C@H](c2ccc3c(c2)OCO3)O1. The van der Waals surface area contributed by atoms with Crippen molar-refractivity contribution in [1.29, 1.82) is 0 Å². The first-order valence-electron chi connectivity index (χ1n) is 10.1. The lowest BCUT2D eigenvalue weighted by Gasteiger charge is -2.31. The van der Waals surface area contributed by atoms with E-state index in [4.69, 9.17) is 28.4 Å². The molecular formula is C22H26O6. The van der Waals surface area contributed by atoms with Gasteiger partial charge in [0.05, 0.1) is 19.5 Å². The Morgan fingerprint density at radius 2 is 1.86 bits per heavy atom. The van der Waals surface area contributed by atoms with Gasteiger partial charge >= 0.3 is 0 Å². The van der Waals surface area contributed by atoms with Crippen molar-refractivity contribution < 1.29 is 28.4 Å². The van der Waals surface area contributed by atoms with Gasteiger partial charge in [-0.05, 0) is 37.1 Å². The van der Waals surface area contributed by atoms with Gasteiger partial charge in [0, 0.05) is 24.3 Å². The molecule has 6 nitrogen and oxygen atoms in total. The van der Waals surface area contributed by atoms with Crippen LogP contribution in [0.3, 0.4) is 0 Å². The van der Waals surface area contributed by atoms with Crippen LogP contribution < -0.4 is 9.47 Å². The summed E-state index contributed by atoms with van der Waals surface area (Å²) in [5.41, 5.74) is 0.908. The number of rotatable bonds is 3. The number of ether oxygens (including phenoxy) is 6. The minimum absolute atomic E-state index is 0.0142. The summed E-state index contributed by atoms with van der Waals surface area (Å²) in [6, 6.07) is 5.73. The van der Waals surface area contributed by atoms with E-state index in [-0.39, 0.29) is 24.6 Å². The molecule has 4 aliphatic rings. The second kappa shape index (κ2) is 7.78. The maximum absolute atomic E-state index is 6.21. The topological polar surface area (TPSA) is 55.4 Å². The fourth-order valence-electron chi connectivity index (χ4n) is 4.16. The van der Waals surface area contributed by atoms with Crippen LogP contribution in [0.4, 0.5) is 0 Å². The van der Waals surface area contributed by atoms with Crippen LogP contribution in [0.1, 0.15) is 44.0 Å². The molecule has 2 fully saturated rings. The molecule has 1 aromatic carbocycles. The van der Waals surface area contributed by atoms with E-state index < -0.39 is 6.29 Å². The number of benzene rings is 1. The lowest BCUT2D eigenvalue weighted by atomic mass is 9.94. The van der Waals surface area contributed by atoms with E-state index in [2.05, 4.69) is 12.2 Å². The van der Waals surface area contributed by atoms with Crippen molar-refractivity contribution >= 4 is 0 Å². The maximum atomic E-state index is 6.21. The summed E-state index contributed by atoms with van der Waals surface area (Å²) in [5, 5.41) is 0. The van der Waals surface area contributed by atoms with Gasteiger partial charge in [0.1, 0.15) is 6.10 Å². The molecule has 0 amide bonds. The summed E-state index contributed by atoms with van der Waals surface area (Å²) in [4.78, 5) is 0. The Labute approximate surface area is 165 Å². The van der Waals surface area contributed by atoms with Gasteiger partial charge < -0.3 is 28.4 Å². The molecule has 0 bridgehead atoms. The van der Waals surface area contributed by atoms with Gasteiger partial charge in [0.25, 0.3) is 0 Å². The van der Waals surface area contributed by atoms with Gasteiger partial charge in [0.15, 0.2) is 17.3 Å². The van der Waals surface area contributed by atoms with Crippen molar-refractivity contribution in [2.24, 2.45) is 5.92 Å². The van der Waals surface area contributed by atoms with Crippen molar-refractivity contribution in [3.63, 3.8) is 0 Å². The van der Waals surface area contributed by atoms with Crippen LogP contribution in [-0.4, -0.2) is 31.9 Å². The zero-order valence-electron chi connectivity index (χ0n) is 15.9. The molecule has 0 unspecified atom stereocenters. The number of hydrogen-bond acceptors (Lipinski definition) is 6. The molecule has 5 rings (SSSR count). The Kier molecular flexibility index (Phi) is 5.01. The molecule has 1 aliphatic carbocycles. The Morgan fingerprint density at radius 3 is 2.79 bits per heavy atom. The van der Waals surface area contributed by atoms with Crippen LogP contribution in [0.2, 0.25) is 0 Å². The van der Waals surface area contributed by atoms with Gasteiger partial charge in [-0.1, -0.05) is 18.6 Å². The van der Waals surface area contributed by atoms with Crippen LogP contribution in [0, 0.1) is 5.92 Å². The van der Waals surface area contributed by atoms with Crippen LogP contribution in [0.15, 0.2) is 42.7 Å². The summed E-state index contributed by atoms with van der Waals surface area (Å²) < 4.78 is 34.7. The summed E-state index contributed by atoms with van der Waals surface area (Å²) in [7, 11) is 0. The molecule has 0 radical (unpaired) electrons. The highest BCUT2D eigenvalue weighted by Gasteiger charge is 2.41. The van der Waals surface area contributed by atoms with Gasteiger partial charge in [0.2, 0.25) is 13.1 Å². The normalized spacial score (nSPS) is 31.2. The Hall–Kier alpha value is -2.02. The van der Waals surface area contributed by atoms with E-state index >= 15 is 0 Å². The molecule has 6 heteroatoms. The Balaban J connectivity index is 1.17. The van der Waals surface area contributed by atoms with Gasteiger partial charge in [-0.25, -0.2) is 0 Å². The summed E-state index contributed by atoms with van der Waals surface area (Å²) in [5.74, 6) is 1.27. The molecule has 150 valence electrons. The van der Waals surface area contributed by atoms with E-state index in [1.54, 1.807) is 6.26 Å². The average molecular weight is 386 g/mol. The Morgan fingerprint density at radius 1 is 0.964 bits per heavy atom. The van der Waals surface area contributed by atoms with Gasteiger partial charge in [-0.3, -0.25) is 0 Å². The third-order valence-electron chi connectivity index (χ3n) is 5.70. The summed E-state index contributed by atoms with van der Waals surface area (Å²) >= 11 is 0. The third kappa shape index (κ3) is 3.77. The minimum Gasteiger partial charge on any atom is -0.469 e. The zero-order chi connectivity index (χ0) is 18.8. The lowest BCUT2D eigenvalue weighted by molar-refractivity contribution is -0.182. The van der Waals surface area contributed by atoms with Gasteiger partial charge in [-0.15, -0.1) is 0 Å². The van der Waals surface area contributed by atoms with E-state index in [0.717, 1.165) is 29.9 Å². The summed E-state index contributed by atoms with van der Waals surface area (Å²) in [6.45, 7) is 1.42. The largest absolute Gasteiger partial charge is 0.469 e. The van der Waals surface area contributed by atoms with Crippen LogP contribution in [-0.2, 0) is 18.9 Å².